The molecule has 4 aliphatic rings. The first kappa shape index (κ1) is 22.0. The van der Waals surface area contributed by atoms with Crippen molar-refractivity contribution in [3.63, 3.8) is 0 Å². The maximum absolute atomic E-state index is 13.7. The van der Waals surface area contributed by atoms with Crippen LogP contribution in [0.2, 0.25) is 0 Å². The Morgan fingerprint density at radius 2 is 2.00 bits per heavy atom. The zero-order valence-electron chi connectivity index (χ0n) is 18.2. The average Bonchev–Trinajstić information content (AvgIpc) is 3.11. The predicted molar refractivity (Wildman–Crippen MR) is 112 cm³/mol. The van der Waals surface area contributed by atoms with E-state index in [9.17, 15) is 19.5 Å². The fourth-order valence-electron chi connectivity index (χ4n) is 5.38. The number of cyclic esters (lactones) is 1. The van der Waals surface area contributed by atoms with E-state index in [4.69, 9.17) is 9.47 Å². The third kappa shape index (κ3) is 3.59. The molecule has 4 heterocycles. The van der Waals surface area contributed by atoms with Gasteiger partial charge in [0.2, 0.25) is 11.8 Å². The van der Waals surface area contributed by atoms with E-state index in [-0.39, 0.29) is 31.0 Å². The molecular formula is C23H32N2O6. The molecule has 0 saturated carbocycles. The number of aliphatic hydroxyl groups excluding tert-OH is 1. The van der Waals surface area contributed by atoms with Crippen LogP contribution in [0.5, 0.6) is 0 Å². The maximum atomic E-state index is 13.7. The maximum Gasteiger partial charge on any atom is 0.312 e. The molecule has 8 nitrogen and oxygen atoms in total. The summed E-state index contributed by atoms with van der Waals surface area (Å²) in [7, 11) is 0. The van der Waals surface area contributed by atoms with E-state index >= 15 is 0 Å². The fraction of sp³-hybridized carbons (Fsp3) is 0.696. The monoisotopic (exact) mass is 432 g/mol. The Bertz CT molecular complexity index is 793. The summed E-state index contributed by atoms with van der Waals surface area (Å²) in [6.45, 7) is 4.75. The van der Waals surface area contributed by atoms with Gasteiger partial charge < -0.3 is 24.4 Å². The van der Waals surface area contributed by atoms with Crippen molar-refractivity contribution in [3.05, 3.63) is 24.3 Å². The molecule has 5 atom stereocenters. The molecule has 4 aliphatic heterocycles. The predicted octanol–water partition coefficient (Wildman–Crippen LogP) is 1.04. The van der Waals surface area contributed by atoms with E-state index in [1.165, 1.54) is 4.90 Å². The molecule has 1 N–H and O–H groups in total. The lowest BCUT2D eigenvalue weighted by atomic mass is 9.78. The van der Waals surface area contributed by atoms with Crippen LogP contribution >= 0.6 is 0 Å². The van der Waals surface area contributed by atoms with Crippen LogP contribution in [0.4, 0.5) is 0 Å². The number of carbonyl (C=O) groups excluding carboxylic acids is 3. The molecule has 31 heavy (non-hydrogen) atoms. The van der Waals surface area contributed by atoms with Crippen LogP contribution in [0.25, 0.3) is 0 Å². The normalized spacial score (nSPS) is 36.7. The van der Waals surface area contributed by atoms with Gasteiger partial charge in [0, 0.05) is 25.7 Å². The van der Waals surface area contributed by atoms with Crippen molar-refractivity contribution >= 4 is 17.8 Å². The zero-order chi connectivity index (χ0) is 22.2. The summed E-state index contributed by atoms with van der Waals surface area (Å²) in [5.41, 5.74) is -1.22. The van der Waals surface area contributed by atoms with Crippen LogP contribution in [-0.2, 0) is 23.9 Å². The highest BCUT2D eigenvalue weighted by atomic mass is 16.6. The minimum atomic E-state index is -1.22. The van der Waals surface area contributed by atoms with Gasteiger partial charge in [0.05, 0.1) is 18.6 Å². The van der Waals surface area contributed by atoms with Gasteiger partial charge in [0.25, 0.3) is 0 Å². The second-order valence-corrected chi connectivity index (χ2v) is 9.03. The highest BCUT2D eigenvalue weighted by molar-refractivity contribution is 5.99. The Morgan fingerprint density at radius 1 is 1.19 bits per heavy atom. The number of hydrogen-bond donors (Lipinski definition) is 1. The smallest absolute Gasteiger partial charge is 0.312 e. The number of aliphatic hydroxyl groups is 1. The second-order valence-electron chi connectivity index (χ2n) is 9.03. The summed E-state index contributed by atoms with van der Waals surface area (Å²) in [6.07, 6.45) is 9.81. The van der Waals surface area contributed by atoms with Crippen molar-refractivity contribution in [2.45, 2.75) is 63.3 Å². The van der Waals surface area contributed by atoms with Crippen molar-refractivity contribution in [2.75, 3.05) is 26.3 Å². The van der Waals surface area contributed by atoms with E-state index in [1.54, 1.807) is 4.90 Å². The number of likely N-dealkylation sites (tertiary alicyclic amines) is 1. The number of nitrogens with zero attached hydrogens (tertiary/aromatic N) is 2. The van der Waals surface area contributed by atoms with Crippen LogP contribution in [0.3, 0.4) is 0 Å². The molecule has 8 heteroatoms. The number of rotatable bonds is 4. The Kier molecular flexibility index (Phi) is 6.21. The van der Waals surface area contributed by atoms with Crippen molar-refractivity contribution in [2.24, 2.45) is 11.8 Å². The summed E-state index contributed by atoms with van der Waals surface area (Å²) in [5.74, 6) is -2.54. The first-order valence-electron chi connectivity index (χ1n) is 11.3. The summed E-state index contributed by atoms with van der Waals surface area (Å²) >= 11 is 0. The van der Waals surface area contributed by atoms with E-state index < -0.39 is 35.6 Å². The molecule has 0 aromatic carbocycles. The molecule has 0 aromatic rings. The number of ether oxygens (including phenoxy) is 2. The Hall–Kier alpha value is -2.19. The largest absolute Gasteiger partial charge is 0.465 e. The zero-order valence-corrected chi connectivity index (χ0v) is 18.2. The third-order valence-electron chi connectivity index (χ3n) is 6.81. The molecular weight excluding hydrogens is 400 g/mol. The Balaban J connectivity index is 1.80. The summed E-state index contributed by atoms with van der Waals surface area (Å²) in [5, 5.41) is 9.37. The SMILES string of the molecule is CC(C)N1CC=C[C@]23O[C@H]4/C=C\CCCCOC(=O)[C@H]4[C@H]2C(=O)N(CCCO)C3C1=O. The van der Waals surface area contributed by atoms with Gasteiger partial charge in [-0.2, -0.15) is 0 Å². The first-order valence-corrected chi connectivity index (χ1v) is 11.3. The van der Waals surface area contributed by atoms with E-state index in [1.807, 2.05) is 38.2 Å². The molecule has 170 valence electrons. The number of amides is 2. The molecule has 2 amide bonds. The molecule has 2 saturated heterocycles. The van der Waals surface area contributed by atoms with Gasteiger partial charge in [-0.1, -0.05) is 24.3 Å². The molecule has 1 spiro atoms. The minimum absolute atomic E-state index is 0.0480. The number of hydrogen-bond acceptors (Lipinski definition) is 6. The van der Waals surface area contributed by atoms with Gasteiger partial charge in [-0.05, 0) is 39.5 Å². The lowest BCUT2D eigenvalue weighted by molar-refractivity contribution is -0.155. The van der Waals surface area contributed by atoms with Crippen LogP contribution in [0.15, 0.2) is 24.3 Å². The van der Waals surface area contributed by atoms with Crippen LogP contribution in [-0.4, -0.2) is 82.8 Å². The summed E-state index contributed by atoms with van der Waals surface area (Å²) in [4.78, 5) is 43.7. The molecule has 1 unspecified atom stereocenters. The lowest BCUT2D eigenvalue weighted by Crippen LogP contribution is -2.56. The van der Waals surface area contributed by atoms with E-state index in [0.29, 0.717) is 19.6 Å². The number of carbonyl (C=O) groups is 3. The third-order valence-corrected chi connectivity index (χ3v) is 6.81. The van der Waals surface area contributed by atoms with Crippen LogP contribution < -0.4 is 0 Å². The van der Waals surface area contributed by atoms with Gasteiger partial charge >= 0.3 is 5.97 Å². The van der Waals surface area contributed by atoms with Crippen molar-refractivity contribution in [1.82, 2.24) is 9.80 Å². The van der Waals surface area contributed by atoms with Crippen molar-refractivity contribution < 1.29 is 29.0 Å². The molecule has 0 aromatic heterocycles. The van der Waals surface area contributed by atoms with Crippen molar-refractivity contribution in [1.29, 1.82) is 0 Å². The Labute approximate surface area is 182 Å². The van der Waals surface area contributed by atoms with Gasteiger partial charge in [-0.3, -0.25) is 14.4 Å². The van der Waals surface area contributed by atoms with Crippen LogP contribution in [0.1, 0.15) is 39.5 Å². The Morgan fingerprint density at radius 3 is 2.74 bits per heavy atom. The van der Waals surface area contributed by atoms with Crippen LogP contribution in [0, 0.1) is 11.8 Å². The van der Waals surface area contributed by atoms with Gasteiger partial charge in [-0.15, -0.1) is 0 Å². The highest BCUT2D eigenvalue weighted by Crippen LogP contribution is 2.53. The second kappa shape index (κ2) is 8.74. The highest BCUT2D eigenvalue weighted by Gasteiger charge is 2.71. The molecule has 4 rings (SSSR count). The lowest BCUT2D eigenvalue weighted by Gasteiger charge is -2.36. The van der Waals surface area contributed by atoms with Gasteiger partial charge in [0.15, 0.2) is 0 Å². The minimum Gasteiger partial charge on any atom is -0.465 e. The van der Waals surface area contributed by atoms with E-state index in [0.717, 1.165) is 19.3 Å². The van der Waals surface area contributed by atoms with Gasteiger partial charge in [0.1, 0.15) is 17.6 Å². The average molecular weight is 433 g/mol. The number of allylic oxidation sites excluding steroid dienone is 1. The standard InChI is InChI=1S/C23H32N2O6/c1-15(2)24-11-7-10-23-18(20(27)25(12-8-13-26)19(23)21(24)28)17-16(31-23)9-5-3-4-6-14-30-22(17)29/h5,7,9-10,15-19,26H,3-4,6,8,11-14H2,1-2H3/b9-5-/t16-,17+,18-,19?,23-/m0/s1. The molecule has 0 aliphatic carbocycles. The molecule has 0 bridgehead atoms. The van der Waals surface area contributed by atoms with E-state index in [2.05, 4.69) is 0 Å². The quantitative estimate of drug-likeness (QED) is 0.527. The first-order chi connectivity index (χ1) is 14.9. The molecule has 2 fully saturated rings. The van der Waals surface area contributed by atoms with Crippen molar-refractivity contribution in [3.8, 4) is 0 Å². The molecule has 0 radical (unpaired) electrons. The topological polar surface area (TPSA) is 96.4 Å². The van der Waals surface area contributed by atoms with Gasteiger partial charge in [-0.25, -0.2) is 0 Å². The summed E-state index contributed by atoms with van der Waals surface area (Å²) in [6, 6.07) is -0.912. The fourth-order valence-corrected chi connectivity index (χ4v) is 5.38. The number of esters is 1. The number of fused-ring (bicyclic) bond motifs is 2. The summed E-state index contributed by atoms with van der Waals surface area (Å²) < 4.78 is 12.0.